The summed E-state index contributed by atoms with van der Waals surface area (Å²) in [6.07, 6.45) is 3.90. The van der Waals surface area contributed by atoms with Gasteiger partial charge < -0.3 is 29.9 Å². The molecule has 1 saturated heterocycles. The van der Waals surface area contributed by atoms with E-state index >= 15 is 0 Å². The third-order valence-electron chi connectivity index (χ3n) is 13.0. The quantitative estimate of drug-likeness (QED) is 0.0183. The Labute approximate surface area is 443 Å². The summed E-state index contributed by atoms with van der Waals surface area (Å²) in [6, 6.07) is 48.7. The summed E-state index contributed by atoms with van der Waals surface area (Å²) in [6.45, 7) is 4.84. The first kappa shape index (κ1) is 54.4. The Bertz CT molecular complexity index is 2720. The highest BCUT2D eigenvalue weighted by Crippen LogP contribution is 2.26. The molecule has 0 bridgehead atoms. The molecule has 17 nitrogen and oxygen atoms in total. The van der Waals surface area contributed by atoms with Crippen molar-refractivity contribution in [2.75, 3.05) is 26.2 Å². The number of carbonyl (C=O) groups is 2. The highest BCUT2D eigenvalue weighted by molar-refractivity contribution is 5.79. The van der Waals surface area contributed by atoms with Gasteiger partial charge in [-0.15, -0.1) is 0 Å². The zero-order valence-electron chi connectivity index (χ0n) is 42.6. The van der Waals surface area contributed by atoms with Crippen LogP contribution in [-0.2, 0) is 60.1 Å². The van der Waals surface area contributed by atoms with E-state index in [2.05, 4.69) is 87.5 Å². The fourth-order valence-corrected chi connectivity index (χ4v) is 9.25. The van der Waals surface area contributed by atoms with Crippen LogP contribution < -0.4 is 10.1 Å². The standard InChI is InChI=1S/C59H65N11O6/c60-67-66-36-55-59(74)58(73)54(76-55)35-56(71)65-29-24-57(72)70(39-44-20-22-48(23-21-44)47-14-2-1-3-15-47)30-12-13-31-75-53-33-45(37-68(40-49-16-4-8-25-61-49)41-50-17-5-9-26-62-50)32-46(34-53)38-69(42-51-18-6-10-27-63-51)43-52-19-7-11-28-64-52/h1-11,14-23,25-28,32-34,54-55,58-59,73-74H,12-13,24,29-31,35-43H2,(H,65,71)/t54-,55-,58+,59-/m1/s1. The second-order valence-corrected chi connectivity index (χ2v) is 18.9. The van der Waals surface area contributed by atoms with Crippen molar-refractivity contribution < 1.29 is 29.3 Å². The fourth-order valence-electron chi connectivity index (χ4n) is 9.25. The molecule has 0 radical (unpaired) electrons. The third-order valence-corrected chi connectivity index (χ3v) is 13.0. The van der Waals surface area contributed by atoms with E-state index in [1.807, 2.05) is 133 Å². The van der Waals surface area contributed by atoms with Crippen molar-refractivity contribution >= 4 is 11.8 Å². The largest absolute Gasteiger partial charge is 0.494 e. The Morgan fingerprint density at radius 3 is 1.63 bits per heavy atom. The number of amides is 2. The molecule has 0 aliphatic carbocycles. The van der Waals surface area contributed by atoms with E-state index in [9.17, 15) is 19.8 Å². The molecule has 5 heterocycles. The molecule has 4 aromatic heterocycles. The number of pyridine rings is 4. The van der Waals surface area contributed by atoms with Crippen LogP contribution in [0.5, 0.6) is 5.75 Å². The van der Waals surface area contributed by atoms with Crippen LogP contribution in [0.3, 0.4) is 0 Å². The van der Waals surface area contributed by atoms with Gasteiger partial charge in [0.25, 0.3) is 0 Å². The van der Waals surface area contributed by atoms with Crippen LogP contribution in [0.4, 0.5) is 0 Å². The van der Waals surface area contributed by atoms with Gasteiger partial charge in [0, 0.05) is 95.0 Å². The molecule has 76 heavy (non-hydrogen) atoms. The van der Waals surface area contributed by atoms with Gasteiger partial charge in [0.05, 0.1) is 54.6 Å². The van der Waals surface area contributed by atoms with Gasteiger partial charge in [-0.2, -0.15) is 0 Å². The Balaban J connectivity index is 0.951. The minimum atomic E-state index is -1.32. The number of hydrogen-bond acceptors (Lipinski definition) is 13. The lowest BCUT2D eigenvalue weighted by molar-refractivity contribution is -0.132. The Morgan fingerprint density at radius 2 is 1.12 bits per heavy atom. The van der Waals surface area contributed by atoms with Crippen molar-refractivity contribution in [1.29, 1.82) is 0 Å². The van der Waals surface area contributed by atoms with Gasteiger partial charge in [-0.1, -0.05) is 90.0 Å². The van der Waals surface area contributed by atoms with E-state index in [0.717, 1.165) is 56.3 Å². The van der Waals surface area contributed by atoms with Crippen LogP contribution in [0.25, 0.3) is 21.6 Å². The summed E-state index contributed by atoms with van der Waals surface area (Å²) < 4.78 is 12.2. The van der Waals surface area contributed by atoms with Crippen molar-refractivity contribution in [1.82, 2.24) is 40.0 Å². The Hall–Kier alpha value is -7.89. The lowest BCUT2D eigenvalue weighted by Crippen LogP contribution is -2.38. The molecule has 7 aromatic rings. The minimum Gasteiger partial charge on any atom is -0.494 e. The molecule has 8 rings (SSSR count). The smallest absolute Gasteiger partial charge is 0.224 e. The summed E-state index contributed by atoms with van der Waals surface area (Å²) >= 11 is 0. The number of aliphatic hydroxyl groups is 2. The van der Waals surface area contributed by atoms with Crippen LogP contribution in [0.2, 0.25) is 0 Å². The molecular weight excluding hydrogens is 959 g/mol. The number of nitrogens with one attached hydrogen (secondary N) is 1. The summed E-state index contributed by atoms with van der Waals surface area (Å²) in [7, 11) is 0. The van der Waals surface area contributed by atoms with Crippen LogP contribution >= 0.6 is 0 Å². The van der Waals surface area contributed by atoms with Gasteiger partial charge in [-0.25, -0.2) is 0 Å². The van der Waals surface area contributed by atoms with E-state index < -0.39 is 30.3 Å². The van der Waals surface area contributed by atoms with Crippen LogP contribution in [-0.4, -0.2) is 107 Å². The van der Waals surface area contributed by atoms with Crippen molar-refractivity contribution in [2.45, 2.75) is 95.9 Å². The van der Waals surface area contributed by atoms with Crippen LogP contribution in [0.1, 0.15) is 65.1 Å². The predicted octanol–water partition coefficient (Wildman–Crippen LogP) is 8.22. The van der Waals surface area contributed by atoms with Crippen molar-refractivity contribution in [3.63, 3.8) is 0 Å². The number of ether oxygens (including phenoxy) is 2. The molecule has 2 amide bonds. The highest BCUT2D eigenvalue weighted by atomic mass is 16.5. The van der Waals surface area contributed by atoms with Gasteiger partial charge in [0.2, 0.25) is 11.8 Å². The van der Waals surface area contributed by atoms with E-state index in [1.54, 1.807) is 0 Å². The summed E-state index contributed by atoms with van der Waals surface area (Å²) in [4.78, 5) is 54.7. The molecular formula is C59H65N11O6. The maximum absolute atomic E-state index is 14.0. The zero-order chi connectivity index (χ0) is 52.7. The van der Waals surface area contributed by atoms with E-state index in [0.29, 0.717) is 71.8 Å². The number of aliphatic hydroxyl groups excluding tert-OH is 2. The number of benzene rings is 3. The van der Waals surface area contributed by atoms with Gasteiger partial charge in [-0.3, -0.25) is 39.3 Å². The number of hydrogen-bond donors (Lipinski definition) is 3. The van der Waals surface area contributed by atoms with E-state index in [-0.39, 0.29) is 31.8 Å². The number of nitrogens with zero attached hydrogens (tertiary/aromatic N) is 10. The van der Waals surface area contributed by atoms with Crippen LogP contribution in [0, 0.1) is 0 Å². The number of azide groups is 1. The van der Waals surface area contributed by atoms with Crippen LogP contribution in [0.15, 0.2) is 175 Å². The van der Waals surface area contributed by atoms with Gasteiger partial charge in [0.15, 0.2) is 0 Å². The molecule has 4 atom stereocenters. The molecule has 17 heteroatoms. The SMILES string of the molecule is [N-]=[N+]=NC[C@H]1O[C@H](CC(=O)NCCC(=O)N(CCCCOc2cc(CN(Cc3ccccn3)Cc3ccccn3)cc(CN(Cc3ccccn3)Cc3ccccn3)c2)Cc2ccc(-c3ccccc3)cc2)[C@H](O)[C@@H]1O. The van der Waals surface area contributed by atoms with Crippen molar-refractivity contribution in [3.05, 3.63) is 220 Å². The molecule has 3 N–H and O–H groups in total. The normalized spacial score (nSPS) is 16.1. The maximum Gasteiger partial charge on any atom is 0.224 e. The number of unbranched alkanes of at least 4 members (excludes halogenated alkanes) is 1. The lowest BCUT2D eigenvalue weighted by Gasteiger charge is -2.25. The summed E-state index contributed by atoms with van der Waals surface area (Å²) in [5.41, 5.74) is 17.8. The minimum absolute atomic E-state index is 0.0471. The molecule has 1 aliphatic rings. The molecule has 0 saturated carbocycles. The average Bonchev–Trinajstić information content (AvgIpc) is 3.70. The number of rotatable bonds is 28. The highest BCUT2D eigenvalue weighted by Gasteiger charge is 2.43. The maximum atomic E-state index is 14.0. The molecule has 0 unspecified atom stereocenters. The second kappa shape index (κ2) is 28.7. The molecule has 392 valence electrons. The predicted molar refractivity (Wildman–Crippen MR) is 288 cm³/mol. The summed E-state index contributed by atoms with van der Waals surface area (Å²) in [5.74, 6) is 0.177. The van der Waals surface area contributed by atoms with Gasteiger partial charge in [0.1, 0.15) is 18.0 Å². The van der Waals surface area contributed by atoms with Crippen molar-refractivity contribution in [3.8, 4) is 16.9 Å². The second-order valence-electron chi connectivity index (χ2n) is 18.9. The van der Waals surface area contributed by atoms with Gasteiger partial charge >= 0.3 is 0 Å². The first-order valence-corrected chi connectivity index (χ1v) is 25.8. The molecule has 0 spiro atoms. The Kier molecular flexibility index (Phi) is 20.5. The monoisotopic (exact) mass is 1020 g/mol. The van der Waals surface area contributed by atoms with E-state index in [1.165, 1.54) is 0 Å². The number of aromatic nitrogens is 4. The van der Waals surface area contributed by atoms with E-state index in [4.69, 9.17) is 15.0 Å². The fraction of sp³-hybridized carbons (Fsp3) is 0.322. The molecule has 1 fully saturated rings. The van der Waals surface area contributed by atoms with Gasteiger partial charge in [-0.05, 0) is 107 Å². The number of carbonyl (C=O) groups excluding carboxylic acids is 2. The van der Waals surface area contributed by atoms with Crippen molar-refractivity contribution in [2.24, 2.45) is 5.11 Å². The third kappa shape index (κ3) is 17.1. The zero-order valence-corrected chi connectivity index (χ0v) is 42.6. The first-order chi connectivity index (χ1) is 37.2. The lowest BCUT2D eigenvalue weighted by atomic mass is 10.0. The Morgan fingerprint density at radius 1 is 0.605 bits per heavy atom. The molecule has 1 aliphatic heterocycles. The summed E-state index contributed by atoms with van der Waals surface area (Å²) in [5, 5.41) is 27.0. The molecule has 3 aromatic carbocycles. The average molecular weight is 1020 g/mol. The first-order valence-electron chi connectivity index (χ1n) is 25.8. The topological polar surface area (TPSA) is 215 Å².